The third kappa shape index (κ3) is 4.32. The smallest absolute Gasteiger partial charge is 0.234 e. The van der Waals surface area contributed by atoms with Crippen LogP contribution >= 0.6 is 15.9 Å². The van der Waals surface area contributed by atoms with Crippen molar-refractivity contribution in [3.63, 3.8) is 0 Å². The van der Waals surface area contributed by atoms with E-state index >= 15 is 0 Å². The number of nitrogens with zero attached hydrogens (tertiary/aromatic N) is 1. The van der Waals surface area contributed by atoms with Gasteiger partial charge in [-0.1, -0.05) is 40.5 Å². The number of rotatable bonds is 4. The number of likely N-dealkylation sites (tertiary alicyclic amines) is 1. The van der Waals surface area contributed by atoms with Crippen molar-refractivity contribution in [2.45, 2.75) is 32.2 Å². The molecule has 0 aliphatic carbocycles. The average Bonchev–Trinajstić information content (AvgIpc) is 2.40. The zero-order valence-electron chi connectivity index (χ0n) is 11.4. The van der Waals surface area contributed by atoms with Crippen LogP contribution in [0.2, 0.25) is 0 Å². The highest BCUT2D eigenvalue weighted by molar-refractivity contribution is 9.10. The van der Waals surface area contributed by atoms with E-state index in [1.54, 1.807) is 0 Å². The molecule has 0 aromatic heterocycles. The van der Waals surface area contributed by atoms with E-state index in [0.29, 0.717) is 6.54 Å². The molecule has 19 heavy (non-hydrogen) atoms. The number of benzene rings is 1. The van der Waals surface area contributed by atoms with Crippen molar-refractivity contribution in [3.8, 4) is 0 Å². The molecule has 1 amide bonds. The number of nitrogens with one attached hydrogen (secondary N) is 1. The summed E-state index contributed by atoms with van der Waals surface area (Å²) in [5.74, 6) is 0.116. The first-order chi connectivity index (χ1) is 9.16. The Bertz CT molecular complexity index is 430. The van der Waals surface area contributed by atoms with E-state index in [9.17, 15) is 4.79 Å². The maximum absolute atomic E-state index is 12.0. The summed E-state index contributed by atoms with van der Waals surface area (Å²) in [6, 6.07) is 8.05. The molecule has 1 atom stereocenters. The van der Waals surface area contributed by atoms with Crippen LogP contribution in [0, 0.1) is 0 Å². The van der Waals surface area contributed by atoms with E-state index in [2.05, 4.69) is 26.1 Å². The van der Waals surface area contributed by atoms with Gasteiger partial charge in [0, 0.05) is 4.47 Å². The molecule has 1 aliphatic heterocycles. The summed E-state index contributed by atoms with van der Waals surface area (Å²) < 4.78 is 1.04. The van der Waals surface area contributed by atoms with Crippen molar-refractivity contribution in [2.24, 2.45) is 0 Å². The number of hydrogen-bond acceptors (Lipinski definition) is 2. The Kier molecular flexibility index (Phi) is 5.40. The zero-order chi connectivity index (χ0) is 13.7. The van der Waals surface area contributed by atoms with Gasteiger partial charge < -0.3 is 5.32 Å². The van der Waals surface area contributed by atoms with Gasteiger partial charge in [-0.25, -0.2) is 0 Å². The van der Waals surface area contributed by atoms with Crippen LogP contribution in [0.4, 0.5) is 0 Å². The fourth-order valence-corrected chi connectivity index (χ4v) is 3.14. The standard InChI is InChI=1S/C15H21BrN2O/c1-12(13-7-3-4-8-14(13)16)17-15(19)11-18-9-5-2-6-10-18/h3-4,7-8,12H,2,5-6,9-11H2,1H3,(H,17,19)/t12-/m0/s1. The first-order valence-electron chi connectivity index (χ1n) is 6.93. The number of carbonyl (C=O) groups excluding carboxylic acids is 1. The Hall–Kier alpha value is -0.870. The highest BCUT2D eigenvalue weighted by Crippen LogP contribution is 2.22. The van der Waals surface area contributed by atoms with Gasteiger partial charge in [0.05, 0.1) is 12.6 Å². The lowest BCUT2D eigenvalue weighted by Crippen LogP contribution is -2.40. The number of amides is 1. The number of piperidine rings is 1. The minimum atomic E-state index is 0.0351. The minimum absolute atomic E-state index is 0.0351. The molecule has 1 fully saturated rings. The van der Waals surface area contributed by atoms with E-state index in [1.165, 1.54) is 19.3 Å². The maximum atomic E-state index is 12.0. The van der Waals surface area contributed by atoms with E-state index < -0.39 is 0 Å². The van der Waals surface area contributed by atoms with Crippen LogP contribution < -0.4 is 5.32 Å². The predicted octanol–water partition coefficient (Wildman–Crippen LogP) is 3.11. The second-order valence-corrected chi connectivity index (χ2v) is 6.00. The third-order valence-corrected chi connectivity index (χ3v) is 4.29. The van der Waals surface area contributed by atoms with Crippen LogP contribution in [0.5, 0.6) is 0 Å². The van der Waals surface area contributed by atoms with Gasteiger partial charge in [0.25, 0.3) is 0 Å². The summed E-state index contributed by atoms with van der Waals surface area (Å²) in [6.07, 6.45) is 3.73. The number of carbonyl (C=O) groups is 1. The first-order valence-corrected chi connectivity index (χ1v) is 7.72. The normalized spacial score (nSPS) is 18.0. The Morgan fingerprint density at radius 1 is 1.32 bits per heavy atom. The molecule has 0 saturated carbocycles. The van der Waals surface area contributed by atoms with Gasteiger partial charge >= 0.3 is 0 Å². The number of hydrogen-bond donors (Lipinski definition) is 1. The molecule has 1 N–H and O–H groups in total. The van der Waals surface area contributed by atoms with Gasteiger partial charge in [-0.2, -0.15) is 0 Å². The highest BCUT2D eigenvalue weighted by Gasteiger charge is 2.16. The van der Waals surface area contributed by atoms with Crippen molar-refractivity contribution < 1.29 is 4.79 Å². The average molecular weight is 325 g/mol. The van der Waals surface area contributed by atoms with E-state index in [4.69, 9.17) is 0 Å². The second-order valence-electron chi connectivity index (χ2n) is 5.15. The summed E-state index contributed by atoms with van der Waals surface area (Å²) >= 11 is 3.52. The molecule has 1 heterocycles. The molecule has 0 bridgehead atoms. The molecule has 1 aliphatic rings. The summed E-state index contributed by atoms with van der Waals surface area (Å²) in [5, 5.41) is 3.07. The fourth-order valence-electron chi connectivity index (χ4n) is 2.51. The molecule has 1 saturated heterocycles. The van der Waals surface area contributed by atoms with Gasteiger partial charge in [-0.3, -0.25) is 9.69 Å². The molecule has 1 aromatic rings. The van der Waals surface area contributed by atoms with E-state index in [-0.39, 0.29) is 11.9 Å². The van der Waals surface area contributed by atoms with Crippen LogP contribution in [-0.4, -0.2) is 30.4 Å². The molecular weight excluding hydrogens is 304 g/mol. The van der Waals surface area contributed by atoms with Crippen molar-refractivity contribution in [1.82, 2.24) is 10.2 Å². The van der Waals surface area contributed by atoms with Crippen LogP contribution in [0.15, 0.2) is 28.7 Å². The molecule has 1 aromatic carbocycles. The lowest BCUT2D eigenvalue weighted by Gasteiger charge is -2.26. The topological polar surface area (TPSA) is 32.3 Å². The molecule has 2 rings (SSSR count). The predicted molar refractivity (Wildman–Crippen MR) is 81.0 cm³/mol. The Balaban J connectivity index is 1.86. The molecule has 0 unspecified atom stereocenters. The van der Waals surface area contributed by atoms with Crippen molar-refractivity contribution in [2.75, 3.05) is 19.6 Å². The van der Waals surface area contributed by atoms with Crippen molar-refractivity contribution >= 4 is 21.8 Å². The summed E-state index contributed by atoms with van der Waals surface area (Å²) in [6.45, 7) is 4.65. The summed E-state index contributed by atoms with van der Waals surface area (Å²) in [7, 11) is 0. The van der Waals surface area contributed by atoms with E-state index in [0.717, 1.165) is 23.1 Å². The van der Waals surface area contributed by atoms with E-state index in [1.807, 2.05) is 31.2 Å². The largest absolute Gasteiger partial charge is 0.348 e. The minimum Gasteiger partial charge on any atom is -0.348 e. The lowest BCUT2D eigenvalue weighted by molar-refractivity contribution is -0.123. The molecule has 3 nitrogen and oxygen atoms in total. The highest BCUT2D eigenvalue weighted by atomic mass is 79.9. The van der Waals surface area contributed by atoms with Gasteiger partial charge in [-0.15, -0.1) is 0 Å². The zero-order valence-corrected chi connectivity index (χ0v) is 12.9. The van der Waals surface area contributed by atoms with Gasteiger partial charge in [0.15, 0.2) is 0 Å². The van der Waals surface area contributed by atoms with Crippen molar-refractivity contribution in [1.29, 1.82) is 0 Å². The Labute approximate surface area is 123 Å². The molecule has 0 spiro atoms. The molecule has 0 radical (unpaired) electrons. The molecule has 104 valence electrons. The number of halogens is 1. The monoisotopic (exact) mass is 324 g/mol. The van der Waals surface area contributed by atoms with Crippen LogP contribution in [0.25, 0.3) is 0 Å². The summed E-state index contributed by atoms with van der Waals surface area (Å²) in [4.78, 5) is 14.3. The molecular formula is C15H21BrN2O. The Morgan fingerprint density at radius 2 is 2.00 bits per heavy atom. The van der Waals surface area contributed by atoms with Gasteiger partial charge in [0.1, 0.15) is 0 Å². The van der Waals surface area contributed by atoms with Crippen LogP contribution in [0.1, 0.15) is 37.8 Å². The Morgan fingerprint density at radius 3 is 2.68 bits per heavy atom. The van der Waals surface area contributed by atoms with Gasteiger partial charge in [0.2, 0.25) is 5.91 Å². The summed E-state index contributed by atoms with van der Waals surface area (Å²) in [5.41, 5.74) is 1.12. The fraction of sp³-hybridized carbons (Fsp3) is 0.533. The van der Waals surface area contributed by atoms with Crippen LogP contribution in [0.3, 0.4) is 0 Å². The SMILES string of the molecule is C[C@H](NC(=O)CN1CCCCC1)c1ccccc1Br. The second kappa shape index (κ2) is 7.06. The van der Waals surface area contributed by atoms with Gasteiger partial charge in [-0.05, 0) is 44.5 Å². The third-order valence-electron chi connectivity index (χ3n) is 3.57. The van der Waals surface area contributed by atoms with Crippen LogP contribution in [-0.2, 0) is 4.79 Å². The quantitative estimate of drug-likeness (QED) is 0.922. The van der Waals surface area contributed by atoms with Crippen molar-refractivity contribution in [3.05, 3.63) is 34.3 Å². The maximum Gasteiger partial charge on any atom is 0.234 e. The lowest BCUT2D eigenvalue weighted by atomic mass is 10.1. The molecule has 4 heteroatoms. The first kappa shape index (κ1) is 14.5.